The molecule has 2 amide bonds. The lowest BCUT2D eigenvalue weighted by Gasteiger charge is -2.21. The van der Waals surface area contributed by atoms with Gasteiger partial charge in [0, 0.05) is 5.56 Å². The number of hydrogen-bond acceptors (Lipinski definition) is 6. The Morgan fingerprint density at radius 3 is 2.20 bits per heavy atom. The summed E-state index contributed by atoms with van der Waals surface area (Å²) in [6.45, 7) is 1.54. The zero-order valence-corrected chi connectivity index (χ0v) is 16.0. The van der Waals surface area contributed by atoms with E-state index in [0.29, 0.717) is 28.3 Å². The number of imide groups is 1. The lowest BCUT2D eigenvalue weighted by Crippen LogP contribution is -2.40. The van der Waals surface area contributed by atoms with Crippen molar-refractivity contribution in [2.75, 3.05) is 5.43 Å². The molecule has 1 atom stereocenters. The Kier molecular flexibility index (Phi) is 4.82. The van der Waals surface area contributed by atoms with E-state index in [2.05, 4.69) is 5.43 Å². The second-order valence-electron chi connectivity index (χ2n) is 6.78. The molecule has 1 heterocycles. The highest BCUT2D eigenvalue weighted by atomic mass is 16.6. The Hall–Kier alpha value is -4.31. The predicted octanol–water partition coefficient (Wildman–Crippen LogP) is 4.57. The highest BCUT2D eigenvalue weighted by Crippen LogP contribution is 2.35. The summed E-state index contributed by atoms with van der Waals surface area (Å²) in [6, 6.07) is 24.5. The number of amides is 2. The van der Waals surface area contributed by atoms with Gasteiger partial charge in [-0.1, -0.05) is 30.3 Å². The van der Waals surface area contributed by atoms with Gasteiger partial charge in [0.05, 0.1) is 17.3 Å². The smallest absolute Gasteiger partial charge is 0.437 e. The Morgan fingerprint density at radius 2 is 1.57 bits per heavy atom. The molecule has 0 saturated carbocycles. The van der Waals surface area contributed by atoms with Crippen LogP contribution in [-0.4, -0.2) is 17.0 Å². The number of cyclic esters (lactones) is 1. The average molecular weight is 399 g/mol. The zero-order chi connectivity index (χ0) is 21.1. The standard InChI is InChI=1S/C23H17N3O4/c1-23(17-9-13-20(14-10-17)29-19-5-3-2-4-6-19)21(27)26(22(28)30-23)25-18-11-7-16(15-24)8-12-18/h2-14,25H,1H3. The van der Waals surface area contributed by atoms with Crippen molar-refractivity contribution in [3.8, 4) is 17.6 Å². The molecule has 3 aromatic rings. The van der Waals surface area contributed by atoms with Gasteiger partial charge in [-0.15, -0.1) is 5.01 Å². The second kappa shape index (κ2) is 7.60. The van der Waals surface area contributed by atoms with Crippen LogP contribution in [0.25, 0.3) is 0 Å². The van der Waals surface area contributed by atoms with E-state index >= 15 is 0 Å². The van der Waals surface area contributed by atoms with Crippen LogP contribution in [0.5, 0.6) is 11.5 Å². The summed E-state index contributed by atoms with van der Waals surface area (Å²) < 4.78 is 11.2. The number of carbonyl (C=O) groups excluding carboxylic acids is 2. The van der Waals surface area contributed by atoms with Crippen molar-refractivity contribution in [3.63, 3.8) is 0 Å². The molecule has 3 aromatic carbocycles. The first-order chi connectivity index (χ1) is 14.5. The van der Waals surface area contributed by atoms with Crippen molar-refractivity contribution < 1.29 is 19.1 Å². The van der Waals surface area contributed by atoms with Crippen LogP contribution in [0, 0.1) is 11.3 Å². The van der Waals surface area contributed by atoms with Gasteiger partial charge >= 0.3 is 6.09 Å². The molecular weight excluding hydrogens is 382 g/mol. The van der Waals surface area contributed by atoms with E-state index in [1.165, 1.54) is 0 Å². The maximum atomic E-state index is 13.0. The molecule has 30 heavy (non-hydrogen) atoms. The van der Waals surface area contributed by atoms with Crippen LogP contribution in [0.2, 0.25) is 0 Å². The van der Waals surface area contributed by atoms with Gasteiger partial charge < -0.3 is 9.47 Å². The Balaban J connectivity index is 1.51. The Bertz CT molecular complexity index is 1120. The topological polar surface area (TPSA) is 91.7 Å². The highest BCUT2D eigenvalue weighted by molar-refractivity contribution is 6.04. The molecule has 1 N–H and O–H groups in total. The van der Waals surface area contributed by atoms with Crippen molar-refractivity contribution in [3.05, 3.63) is 90.0 Å². The van der Waals surface area contributed by atoms with Gasteiger partial charge in [0.2, 0.25) is 5.60 Å². The molecular formula is C23H17N3O4. The minimum Gasteiger partial charge on any atom is -0.457 e. The van der Waals surface area contributed by atoms with E-state index in [-0.39, 0.29) is 0 Å². The van der Waals surface area contributed by atoms with Gasteiger partial charge in [-0.25, -0.2) is 4.79 Å². The van der Waals surface area contributed by atoms with Gasteiger partial charge in [-0.05, 0) is 55.5 Å². The molecule has 4 rings (SSSR count). The van der Waals surface area contributed by atoms with Crippen LogP contribution in [0.15, 0.2) is 78.9 Å². The summed E-state index contributed by atoms with van der Waals surface area (Å²) in [5.41, 5.74) is 2.74. The maximum Gasteiger partial charge on any atom is 0.437 e. The van der Waals surface area contributed by atoms with Crippen LogP contribution in [0.3, 0.4) is 0 Å². The highest BCUT2D eigenvalue weighted by Gasteiger charge is 2.52. The number of ether oxygens (including phenoxy) is 2. The minimum absolute atomic E-state index is 0.471. The number of hydrazine groups is 1. The molecule has 1 aliphatic rings. The third kappa shape index (κ3) is 3.54. The fraction of sp³-hybridized carbons (Fsp3) is 0.0870. The van der Waals surface area contributed by atoms with Gasteiger partial charge in [-0.3, -0.25) is 10.2 Å². The van der Waals surface area contributed by atoms with Crippen LogP contribution in [-0.2, 0) is 15.1 Å². The van der Waals surface area contributed by atoms with Crippen molar-refractivity contribution in [1.82, 2.24) is 5.01 Å². The minimum atomic E-state index is -1.47. The third-order valence-electron chi connectivity index (χ3n) is 4.72. The SMILES string of the molecule is CC1(c2ccc(Oc3ccccc3)cc2)OC(=O)N(Nc2ccc(C#N)cc2)C1=O. The van der Waals surface area contributed by atoms with E-state index in [0.717, 1.165) is 5.01 Å². The van der Waals surface area contributed by atoms with Crippen molar-refractivity contribution in [2.24, 2.45) is 0 Å². The second-order valence-corrected chi connectivity index (χ2v) is 6.78. The monoisotopic (exact) mass is 399 g/mol. The van der Waals surface area contributed by atoms with Crippen LogP contribution < -0.4 is 10.2 Å². The molecule has 0 spiro atoms. The first-order valence-electron chi connectivity index (χ1n) is 9.17. The first-order valence-corrected chi connectivity index (χ1v) is 9.17. The number of benzene rings is 3. The molecule has 7 heteroatoms. The number of anilines is 1. The number of rotatable bonds is 5. The Labute approximate surface area is 173 Å². The molecule has 7 nitrogen and oxygen atoms in total. The van der Waals surface area contributed by atoms with Crippen molar-refractivity contribution >= 4 is 17.7 Å². The van der Waals surface area contributed by atoms with E-state index < -0.39 is 17.6 Å². The van der Waals surface area contributed by atoms with E-state index in [1.807, 2.05) is 36.4 Å². The number of hydrogen-bond donors (Lipinski definition) is 1. The third-order valence-corrected chi connectivity index (χ3v) is 4.72. The van der Waals surface area contributed by atoms with Crippen molar-refractivity contribution in [1.29, 1.82) is 5.26 Å². The quantitative estimate of drug-likeness (QED) is 0.676. The fourth-order valence-corrected chi connectivity index (χ4v) is 3.05. The number of nitrogens with one attached hydrogen (secondary N) is 1. The lowest BCUT2D eigenvalue weighted by atomic mass is 9.95. The molecule has 0 bridgehead atoms. The number of nitriles is 1. The van der Waals surface area contributed by atoms with Crippen LogP contribution >= 0.6 is 0 Å². The average Bonchev–Trinajstić information content (AvgIpc) is 2.99. The van der Waals surface area contributed by atoms with E-state index in [1.54, 1.807) is 55.5 Å². The first kappa shape index (κ1) is 19.0. The largest absolute Gasteiger partial charge is 0.457 e. The summed E-state index contributed by atoms with van der Waals surface area (Å²) in [4.78, 5) is 25.3. The van der Waals surface area contributed by atoms with E-state index in [9.17, 15) is 9.59 Å². The van der Waals surface area contributed by atoms with Crippen molar-refractivity contribution in [2.45, 2.75) is 12.5 Å². The van der Waals surface area contributed by atoms with Crippen LogP contribution in [0.1, 0.15) is 18.1 Å². The molecule has 0 aromatic heterocycles. The summed E-state index contributed by atoms with van der Waals surface area (Å²) in [5, 5.41) is 9.70. The molecule has 1 aliphatic heterocycles. The number of para-hydroxylation sites is 1. The fourth-order valence-electron chi connectivity index (χ4n) is 3.05. The number of nitrogens with zero attached hydrogens (tertiary/aromatic N) is 2. The van der Waals surface area contributed by atoms with Gasteiger partial charge in [0.25, 0.3) is 5.91 Å². The molecule has 0 radical (unpaired) electrons. The molecule has 1 fully saturated rings. The van der Waals surface area contributed by atoms with Gasteiger partial charge in [0.15, 0.2) is 0 Å². The summed E-state index contributed by atoms with van der Waals surface area (Å²) in [7, 11) is 0. The van der Waals surface area contributed by atoms with Gasteiger partial charge in [-0.2, -0.15) is 5.26 Å². The van der Waals surface area contributed by atoms with Crippen LogP contribution in [0.4, 0.5) is 10.5 Å². The normalized spacial score (nSPS) is 17.9. The predicted molar refractivity (Wildman–Crippen MR) is 108 cm³/mol. The maximum absolute atomic E-state index is 13.0. The Morgan fingerprint density at radius 1 is 0.933 bits per heavy atom. The lowest BCUT2D eigenvalue weighted by molar-refractivity contribution is -0.135. The number of carbonyl (C=O) groups is 2. The molecule has 1 unspecified atom stereocenters. The summed E-state index contributed by atoms with van der Waals surface area (Å²) in [5.74, 6) is 0.740. The zero-order valence-electron chi connectivity index (χ0n) is 16.0. The molecule has 0 aliphatic carbocycles. The van der Waals surface area contributed by atoms with Gasteiger partial charge in [0.1, 0.15) is 11.5 Å². The summed E-state index contributed by atoms with van der Waals surface area (Å²) in [6.07, 6.45) is -0.809. The molecule has 1 saturated heterocycles. The molecule has 148 valence electrons. The van der Waals surface area contributed by atoms with E-state index in [4.69, 9.17) is 14.7 Å². The summed E-state index contributed by atoms with van der Waals surface area (Å²) >= 11 is 0.